The molecule has 172 valence electrons. The van der Waals surface area contributed by atoms with E-state index in [1.807, 2.05) is 0 Å². The molecule has 9 nitrogen and oxygen atoms in total. The molecule has 2 aromatic heterocycles. The molecule has 0 aliphatic carbocycles. The first-order valence-electron chi connectivity index (χ1n) is 11.4. The standard InChI is InChI=1S/C24H29N7O2/c1-29-23(33)14-21(20-6-9-25-16-27-20)28-24(29)31-13-10-26-22(15-31)17-2-4-18(5-3-17)30-11-7-19(32)8-12-30/h2-6,9,14,16,19,22,26,32H,7-8,10-13,15H2,1H3/t22-/m1/s1. The lowest BCUT2D eigenvalue weighted by atomic mass is 10.0. The van der Waals surface area contributed by atoms with Crippen molar-refractivity contribution in [3.63, 3.8) is 0 Å². The third-order valence-corrected chi connectivity index (χ3v) is 6.54. The molecular weight excluding hydrogens is 418 g/mol. The van der Waals surface area contributed by atoms with Crippen LogP contribution in [0.3, 0.4) is 0 Å². The van der Waals surface area contributed by atoms with E-state index in [1.54, 1.807) is 23.9 Å². The van der Waals surface area contributed by atoms with E-state index in [0.29, 0.717) is 23.9 Å². The Kier molecular flexibility index (Phi) is 6.06. The van der Waals surface area contributed by atoms with Gasteiger partial charge in [0.15, 0.2) is 0 Å². The average Bonchev–Trinajstić information content (AvgIpc) is 2.87. The largest absolute Gasteiger partial charge is 0.393 e. The number of hydrogen-bond acceptors (Lipinski definition) is 8. The Hall–Kier alpha value is -3.30. The quantitative estimate of drug-likeness (QED) is 0.618. The van der Waals surface area contributed by atoms with Gasteiger partial charge in [0, 0.05) is 63.8 Å². The van der Waals surface area contributed by atoms with E-state index >= 15 is 0 Å². The van der Waals surface area contributed by atoms with E-state index in [0.717, 1.165) is 39.0 Å². The molecule has 5 rings (SSSR count). The van der Waals surface area contributed by atoms with Crippen molar-refractivity contribution in [2.24, 2.45) is 7.05 Å². The van der Waals surface area contributed by atoms with Crippen LogP contribution in [0.4, 0.5) is 11.6 Å². The van der Waals surface area contributed by atoms with Gasteiger partial charge in [0.25, 0.3) is 5.56 Å². The molecule has 2 aliphatic rings. The van der Waals surface area contributed by atoms with Crippen LogP contribution in [0.1, 0.15) is 24.4 Å². The summed E-state index contributed by atoms with van der Waals surface area (Å²) in [4.78, 5) is 30.1. The summed E-state index contributed by atoms with van der Waals surface area (Å²) in [5.74, 6) is 0.645. The SMILES string of the molecule is Cn1c(N2CCN[C@@H](c3ccc(N4CCC(O)CC4)cc3)C2)nc(-c2ccncn2)cc1=O. The normalized spacial score (nSPS) is 19.6. The molecule has 2 fully saturated rings. The van der Waals surface area contributed by atoms with E-state index in [9.17, 15) is 9.90 Å². The number of piperidine rings is 1. The van der Waals surface area contributed by atoms with E-state index in [1.165, 1.54) is 23.6 Å². The zero-order valence-electron chi connectivity index (χ0n) is 18.8. The number of aliphatic hydroxyl groups is 1. The molecule has 1 aromatic carbocycles. The first-order chi connectivity index (χ1) is 16.1. The summed E-state index contributed by atoms with van der Waals surface area (Å²) < 4.78 is 1.60. The van der Waals surface area contributed by atoms with Crippen LogP contribution >= 0.6 is 0 Å². The van der Waals surface area contributed by atoms with Crippen molar-refractivity contribution < 1.29 is 5.11 Å². The maximum absolute atomic E-state index is 12.7. The number of aromatic nitrogens is 4. The lowest BCUT2D eigenvalue weighted by Gasteiger charge is -2.36. The molecule has 0 bridgehead atoms. The summed E-state index contributed by atoms with van der Waals surface area (Å²) >= 11 is 0. The molecule has 0 amide bonds. The Labute approximate surface area is 192 Å². The summed E-state index contributed by atoms with van der Waals surface area (Å²) in [6.45, 7) is 4.04. The van der Waals surface area contributed by atoms with Gasteiger partial charge < -0.3 is 20.2 Å². The Morgan fingerprint density at radius 2 is 1.82 bits per heavy atom. The van der Waals surface area contributed by atoms with E-state index in [4.69, 9.17) is 4.98 Å². The number of nitrogens with zero attached hydrogens (tertiary/aromatic N) is 6. The van der Waals surface area contributed by atoms with Crippen LogP contribution in [0.15, 0.2) is 53.7 Å². The van der Waals surface area contributed by atoms with E-state index in [-0.39, 0.29) is 17.7 Å². The molecule has 0 spiro atoms. The summed E-state index contributed by atoms with van der Waals surface area (Å²) in [7, 11) is 1.76. The van der Waals surface area contributed by atoms with Gasteiger partial charge in [0.05, 0.1) is 17.5 Å². The lowest BCUT2D eigenvalue weighted by molar-refractivity contribution is 0.145. The van der Waals surface area contributed by atoms with Gasteiger partial charge in [-0.3, -0.25) is 9.36 Å². The fourth-order valence-electron chi connectivity index (χ4n) is 4.58. The average molecular weight is 448 g/mol. The van der Waals surface area contributed by atoms with Crippen molar-refractivity contribution in [3.05, 3.63) is 64.8 Å². The Bertz CT molecular complexity index is 1140. The molecule has 2 aliphatic heterocycles. The Balaban J connectivity index is 1.35. The molecule has 3 aromatic rings. The predicted octanol–water partition coefficient (Wildman–Crippen LogP) is 1.35. The molecule has 0 unspecified atom stereocenters. The third kappa shape index (κ3) is 4.60. The topological polar surface area (TPSA) is 99.4 Å². The van der Waals surface area contributed by atoms with Crippen molar-refractivity contribution in [2.75, 3.05) is 42.5 Å². The first kappa shape index (κ1) is 21.5. The summed E-state index contributed by atoms with van der Waals surface area (Å²) in [6, 6.07) is 12.1. The molecule has 2 N–H and O–H groups in total. The molecule has 2 saturated heterocycles. The van der Waals surface area contributed by atoms with Crippen LogP contribution in [0, 0.1) is 0 Å². The van der Waals surface area contributed by atoms with Crippen molar-refractivity contribution in [2.45, 2.75) is 25.0 Å². The monoisotopic (exact) mass is 447 g/mol. The van der Waals surface area contributed by atoms with Gasteiger partial charge in [-0.25, -0.2) is 15.0 Å². The highest BCUT2D eigenvalue weighted by Gasteiger charge is 2.25. The fourth-order valence-corrected chi connectivity index (χ4v) is 4.58. The van der Waals surface area contributed by atoms with Crippen LogP contribution in [0.2, 0.25) is 0 Å². The highest BCUT2D eigenvalue weighted by molar-refractivity contribution is 5.55. The second-order valence-electron chi connectivity index (χ2n) is 8.70. The van der Waals surface area contributed by atoms with Crippen LogP contribution in [-0.2, 0) is 7.05 Å². The number of nitrogens with one attached hydrogen (secondary N) is 1. The van der Waals surface area contributed by atoms with Gasteiger partial charge in [0.2, 0.25) is 5.95 Å². The number of aliphatic hydroxyl groups excluding tert-OH is 1. The van der Waals surface area contributed by atoms with Crippen molar-refractivity contribution in [1.82, 2.24) is 24.8 Å². The zero-order valence-corrected chi connectivity index (χ0v) is 18.8. The number of hydrogen-bond donors (Lipinski definition) is 2. The number of anilines is 2. The number of benzene rings is 1. The van der Waals surface area contributed by atoms with Crippen LogP contribution in [-0.4, -0.2) is 63.5 Å². The molecule has 0 radical (unpaired) electrons. The second-order valence-corrected chi connectivity index (χ2v) is 8.70. The minimum absolute atomic E-state index is 0.111. The van der Waals surface area contributed by atoms with E-state index < -0.39 is 0 Å². The number of piperazine rings is 1. The molecule has 1 atom stereocenters. The molecule has 33 heavy (non-hydrogen) atoms. The van der Waals surface area contributed by atoms with Crippen molar-refractivity contribution >= 4 is 11.6 Å². The minimum atomic E-state index is -0.171. The van der Waals surface area contributed by atoms with E-state index in [2.05, 4.69) is 49.4 Å². The maximum atomic E-state index is 12.7. The van der Waals surface area contributed by atoms with Gasteiger partial charge in [-0.2, -0.15) is 0 Å². The van der Waals surface area contributed by atoms with Gasteiger partial charge >= 0.3 is 0 Å². The van der Waals surface area contributed by atoms with Gasteiger partial charge in [-0.15, -0.1) is 0 Å². The predicted molar refractivity (Wildman–Crippen MR) is 127 cm³/mol. The molecule has 0 saturated carbocycles. The summed E-state index contributed by atoms with van der Waals surface area (Å²) in [6.07, 6.45) is 4.58. The van der Waals surface area contributed by atoms with Crippen LogP contribution < -0.4 is 20.7 Å². The molecule has 9 heteroatoms. The first-order valence-corrected chi connectivity index (χ1v) is 11.4. The Morgan fingerprint density at radius 3 is 2.55 bits per heavy atom. The Morgan fingerprint density at radius 1 is 1.03 bits per heavy atom. The minimum Gasteiger partial charge on any atom is -0.393 e. The fraction of sp³-hybridized carbons (Fsp3) is 0.417. The van der Waals surface area contributed by atoms with Crippen LogP contribution in [0.5, 0.6) is 0 Å². The summed E-state index contributed by atoms with van der Waals surface area (Å²) in [5.41, 5.74) is 3.48. The molecule has 4 heterocycles. The zero-order chi connectivity index (χ0) is 22.8. The second kappa shape index (κ2) is 9.29. The smallest absolute Gasteiger partial charge is 0.255 e. The number of rotatable bonds is 4. The van der Waals surface area contributed by atoms with Crippen LogP contribution in [0.25, 0.3) is 11.4 Å². The van der Waals surface area contributed by atoms with Gasteiger partial charge in [0.1, 0.15) is 6.33 Å². The highest BCUT2D eigenvalue weighted by atomic mass is 16.3. The summed E-state index contributed by atoms with van der Waals surface area (Å²) in [5, 5.41) is 13.3. The molecular formula is C24H29N7O2. The van der Waals surface area contributed by atoms with Crippen molar-refractivity contribution in [3.8, 4) is 11.4 Å². The van der Waals surface area contributed by atoms with Crippen molar-refractivity contribution in [1.29, 1.82) is 0 Å². The maximum Gasteiger partial charge on any atom is 0.255 e. The third-order valence-electron chi connectivity index (χ3n) is 6.54. The lowest BCUT2D eigenvalue weighted by Crippen LogP contribution is -2.47. The van der Waals surface area contributed by atoms with Gasteiger partial charge in [-0.1, -0.05) is 12.1 Å². The highest BCUT2D eigenvalue weighted by Crippen LogP contribution is 2.26. The van der Waals surface area contributed by atoms with Gasteiger partial charge in [-0.05, 0) is 36.6 Å².